The molecule has 0 bridgehead atoms. The molecule has 2 heterocycles. The number of carbonyl (C=O) groups is 1. The van der Waals surface area contributed by atoms with Crippen molar-refractivity contribution in [1.82, 2.24) is 14.8 Å². The lowest BCUT2D eigenvalue weighted by Crippen LogP contribution is -2.48. The van der Waals surface area contributed by atoms with Gasteiger partial charge in [0.05, 0.1) is 12.7 Å². The number of hydrogen-bond donors (Lipinski definition) is 1. The number of H-pyrrole nitrogens is 1. The van der Waals surface area contributed by atoms with Gasteiger partial charge < -0.3 is 14.6 Å². The summed E-state index contributed by atoms with van der Waals surface area (Å²) in [6.07, 6.45) is 1.54. The Morgan fingerprint density at radius 3 is 2.54 bits per heavy atom. The lowest BCUT2D eigenvalue weighted by Gasteiger charge is -2.35. The lowest BCUT2D eigenvalue weighted by atomic mass is 10.1. The van der Waals surface area contributed by atoms with Crippen molar-refractivity contribution in [3.05, 3.63) is 76.2 Å². The largest absolute Gasteiger partial charge is 0.497 e. The van der Waals surface area contributed by atoms with Crippen LogP contribution in [-0.4, -0.2) is 54.0 Å². The van der Waals surface area contributed by atoms with Gasteiger partial charge in [0.1, 0.15) is 5.75 Å². The van der Waals surface area contributed by atoms with Crippen LogP contribution < -0.4 is 10.3 Å². The van der Waals surface area contributed by atoms with Crippen molar-refractivity contribution < 1.29 is 9.53 Å². The number of rotatable bonds is 4. The summed E-state index contributed by atoms with van der Waals surface area (Å²) in [6.45, 7) is 3.78. The van der Waals surface area contributed by atoms with Crippen LogP contribution in [0.3, 0.4) is 0 Å². The van der Waals surface area contributed by atoms with Gasteiger partial charge in [-0.3, -0.25) is 14.5 Å². The zero-order valence-corrected chi connectivity index (χ0v) is 15.9. The highest BCUT2D eigenvalue weighted by Gasteiger charge is 2.24. The number of pyridine rings is 1. The molecule has 0 spiro atoms. The highest BCUT2D eigenvalue weighted by molar-refractivity contribution is 6.06. The summed E-state index contributed by atoms with van der Waals surface area (Å²) < 4.78 is 5.29. The Morgan fingerprint density at radius 2 is 1.79 bits per heavy atom. The zero-order valence-electron chi connectivity index (χ0n) is 15.9. The summed E-state index contributed by atoms with van der Waals surface area (Å²) in [6, 6.07) is 15.3. The molecule has 0 radical (unpaired) electrons. The molecule has 3 aromatic rings. The van der Waals surface area contributed by atoms with E-state index < -0.39 is 0 Å². The second-order valence-corrected chi connectivity index (χ2v) is 7.00. The highest BCUT2D eigenvalue weighted by Crippen LogP contribution is 2.19. The maximum absolute atomic E-state index is 13.0. The van der Waals surface area contributed by atoms with Crippen molar-refractivity contribution in [3.8, 4) is 5.75 Å². The maximum Gasteiger partial charge on any atom is 0.256 e. The topological polar surface area (TPSA) is 65.6 Å². The Balaban J connectivity index is 1.45. The predicted octanol–water partition coefficient (Wildman–Crippen LogP) is 2.49. The number of piperazine rings is 1. The van der Waals surface area contributed by atoms with Gasteiger partial charge in [-0.15, -0.1) is 0 Å². The van der Waals surface area contributed by atoms with Gasteiger partial charge in [-0.1, -0.05) is 30.3 Å². The van der Waals surface area contributed by atoms with Crippen molar-refractivity contribution in [2.24, 2.45) is 0 Å². The molecule has 0 saturated carbocycles. The normalized spacial score (nSPS) is 15.0. The third-order valence-corrected chi connectivity index (χ3v) is 5.24. The Bertz CT molecular complexity index is 1050. The summed E-state index contributed by atoms with van der Waals surface area (Å²) in [5.41, 5.74) is 1.58. The quantitative estimate of drug-likeness (QED) is 0.759. The average molecular weight is 377 g/mol. The number of ether oxygens (including phenoxy) is 1. The van der Waals surface area contributed by atoms with E-state index in [-0.39, 0.29) is 11.5 Å². The molecule has 1 N–H and O–H groups in total. The van der Waals surface area contributed by atoms with Crippen molar-refractivity contribution >= 4 is 16.7 Å². The zero-order chi connectivity index (χ0) is 19.5. The molecule has 1 aromatic heterocycles. The molecule has 1 aliphatic heterocycles. The minimum absolute atomic E-state index is 0.0338. The molecule has 1 amide bonds. The van der Waals surface area contributed by atoms with E-state index in [1.807, 2.05) is 41.3 Å². The SMILES string of the molecule is COc1cccc(CN2CCN(C(=O)c3c[nH]c(=O)c4ccccc34)CC2)c1. The number of nitrogens with one attached hydrogen (secondary N) is 1. The van der Waals surface area contributed by atoms with Gasteiger partial charge in [-0.05, 0) is 23.8 Å². The molecule has 1 fully saturated rings. The van der Waals surface area contributed by atoms with Crippen LogP contribution in [0, 0.1) is 0 Å². The number of nitrogens with zero attached hydrogens (tertiary/aromatic N) is 2. The molecule has 144 valence electrons. The number of aromatic amines is 1. The summed E-state index contributed by atoms with van der Waals surface area (Å²) in [5.74, 6) is 0.824. The van der Waals surface area contributed by atoms with Crippen LogP contribution in [0.15, 0.2) is 59.5 Å². The maximum atomic E-state index is 13.0. The Labute approximate surface area is 163 Å². The smallest absolute Gasteiger partial charge is 0.256 e. The number of hydrogen-bond acceptors (Lipinski definition) is 4. The predicted molar refractivity (Wildman–Crippen MR) is 109 cm³/mol. The third-order valence-electron chi connectivity index (χ3n) is 5.24. The highest BCUT2D eigenvalue weighted by atomic mass is 16.5. The van der Waals surface area contributed by atoms with E-state index >= 15 is 0 Å². The van der Waals surface area contributed by atoms with Crippen LogP contribution in [-0.2, 0) is 6.54 Å². The second kappa shape index (κ2) is 7.86. The van der Waals surface area contributed by atoms with Gasteiger partial charge >= 0.3 is 0 Å². The van der Waals surface area contributed by atoms with Crippen LogP contribution in [0.4, 0.5) is 0 Å². The van der Waals surface area contributed by atoms with Crippen molar-refractivity contribution in [2.45, 2.75) is 6.54 Å². The third kappa shape index (κ3) is 3.64. The van der Waals surface area contributed by atoms with Gasteiger partial charge in [0, 0.05) is 49.7 Å². The average Bonchev–Trinajstić information content (AvgIpc) is 2.74. The van der Waals surface area contributed by atoms with E-state index in [2.05, 4.69) is 16.0 Å². The van der Waals surface area contributed by atoms with Gasteiger partial charge in [0.2, 0.25) is 0 Å². The van der Waals surface area contributed by atoms with E-state index in [1.54, 1.807) is 13.2 Å². The van der Waals surface area contributed by atoms with Crippen LogP contribution in [0.1, 0.15) is 15.9 Å². The Hall–Kier alpha value is -3.12. The van der Waals surface area contributed by atoms with Crippen LogP contribution in [0.25, 0.3) is 10.8 Å². The number of amides is 1. The van der Waals surface area contributed by atoms with Crippen molar-refractivity contribution in [2.75, 3.05) is 33.3 Å². The summed E-state index contributed by atoms with van der Waals surface area (Å²) >= 11 is 0. The molecule has 1 saturated heterocycles. The minimum Gasteiger partial charge on any atom is -0.497 e. The Kier molecular flexibility index (Phi) is 5.12. The number of methoxy groups -OCH3 is 1. The molecular weight excluding hydrogens is 354 g/mol. The van der Waals surface area contributed by atoms with Gasteiger partial charge in [-0.25, -0.2) is 0 Å². The summed E-state index contributed by atoms with van der Waals surface area (Å²) in [5, 5.41) is 1.25. The van der Waals surface area contributed by atoms with Gasteiger partial charge in [-0.2, -0.15) is 0 Å². The summed E-state index contributed by atoms with van der Waals surface area (Å²) in [4.78, 5) is 31.9. The Morgan fingerprint density at radius 1 is 1.04 bits per heavy atom. The van der Waals surface area contributed by atoms with E-state index in [1.165, 1.54) is 11.8 Å². The molecular formula is C22H23N3O3. The van der Waals surface area contributed by atoms with Gasteiger partial charge in [0.15, 0.2) is 0 Å². The minimum atomic E-state index is -0.171. The lowest BCUT2D eigenvalue weighted by molar-refractivity contribution is 0.0630. The standard InChI is InChI=1S/C22H23N3O3/c1-28-17-6-4-5-16(13-17)15-24-9-11-25(12-10-24)22(27)20-14-23-21(26)19-8-3-2-7-18(19)20/h2-8,13-14H,9-12,15H2,1H3,(H,23,26). The van der Waals surface area contributed by atoms with Crippen molar-refractivity contribution in [3.63, 3.8) is 0 Å². The van der Waals surface area contributed by atoms with E-state index in [0.29, 0.717) is 29.4 Å². The monoisotopic (exact) mass is 377 g/mol. The molecule has 4 rings (SSSR count). The second-order valence-electron chi connectivity index (χ2n) is 7.00. The molecule has 28 heavy (non-hydrogen) atoms. The van der Waals surface area contributed by atoms with E-state index in [4.69, 9.17) is 4.74 Å². The molecule has 6 heteroatoms. The molecule has 0 aliphatic carbocycles. The number of aromatic nitrogens is 1. The molecule has 0 unspecified atom stereocenters. The van der Waals surface area contributed by atoms with E-state index in [9.17, 15) is 9.59 Å². The fourth-order valence-corrected chi connectivity index (χ4v) is 3.69. The van der Waals surface area contributed by atoms with Crippen molar-refractivity contribution in [1.29, 1.82) is 0 Å². The van der Waals surface area contributed by atoms with E-state index in [0.717, 1.165) is 25.4 Å². The number of benzene rings is 2. The first-order valence-electron chi connectivity index (χ1n) is 9.40. The number of fused-ring (bicyclic) bond motifs is 1. The fourth-order valence-electron chi connectivity index (χ4n) is 3.69. The molecule has 2 aromatic carbocycles. The molecule has 0 atom stereocenters. The van der Waals surface area contributed by atoms with Crippen LogP contribution in [0.2, 0.25) is 0 Å². The van der Waals surface area contributed by atoms with Crippen LogP contribution >= 0.6 is 0 Å². The fraction of sp³-hybridized carbons (Fsp3) is 0.273. The summed E-state index contributed by atoms with van der Waals surface area (Å²) in [7, 11) is 1.67. The first-order valence-corrected chi connectivity index (χ1v) is 9.40. The van der Waals surface area contributed by atoms with Crippen LogP contribution in [0.5, 0.6) is 5.75 Å². The number of carbonyl (C=O) groups excluding carboxylic acids is 1. The first-order chi connectivity index (χ1) is 13.7. The first kappa shape index (κ1) is 18.3. The van der Waals surface area contributed by atoms with Gasteiger partial charge in [0.25, 0.3) is 11.5 Å². The molecule has 6 nitrogen and oxygen atoms in total. The molecule has 1 aliphatic rings.